The standard InChI is InChI=1S/C15H17N3OS2/c1-19-9-6-7-10(14(16)20)12(8-9)18-15-17-11-4-2-3-5-13(11)21-15/h6-8H,2-5H2,1H3,(H2,16,20)(H,17,18). The molecule has 1 aliphatic rings. The summed E-state index contributed by atoms with van der Waals surface area (Å²) < 4.78 is 5.27. The molecule has 1 heterocycles. The topological polar surface area (TPSA) is 60.2 Å². The first-order chi connectivity index (χ1) is 10.2. The maximum absolute atomic E-state index is 5.79. The number of fused-ring (bicyclic) bond motifs is 1. The number of anilines is 2. The molecule has 1 aromatic carbocycles. The van der Waals surface area contributed by atoms with Gasteiger partial charge in [-0.2, -0.15) is 0 Å². The van der Waals surface area contributed by atoms with E-state index >= 15 is 0 Å². The molecule has 1 aliphatic carbocycles. The lowest BCUT2D eigenvalue weighted by molar-refractivity contribution is 0.415. The molecule has 0 radical (unpaired) electrons. The van der Waals surface area contributed by atoms with Gasteiger partial charge in [0.25, 0.3) is 0 Å². The number of hydrogen-bond acceptors (Lipinski definition) is 5. The Labute approximate surface area is 133 Å². The molecule has 3 rings (SSSR count). The molecule has 0 fully saturated rings. The van der Waals surface area contributed by atoms with Gasteiger partial charge in [0.05, 0.1) is 18.5 Å². The first-order valence-electron chi connectivity index (χ1n) is 6.91. The van der Waals surface area contributed by atoms with Gasteiger partial charge in [0.1, 0.15) is 10.7 Å². The van der Waals surface area contributed by atoms with Crippen molar-refractivity contribution >= 4 is 39.4 Å². The van der Waals surface area contributed by atoms with Crippen LogP contribution in [-0.2, 0) is 12.8 Å². The Bertz CT molecular complexity index is 658. The van der Waals surface area contributed by atoms with Crippen molar-refractivity contribution in [1.29, 1.82) is 0 Å². The molecule has 2 aromatic rings. The molecule has 0 unspecified atom stereocenters. The van der Waals surface area contributed by atoms with Gasteiger partial charge in [0, 0.05) is 16.5 Å². The van der Waals surface area contributed by atoms with Crippen LogP contribution < -0.4 is 15.8 Å². The predicted molar refractivity (Wildman–Crippen MR) is 90.9 cm³/mol. The molecule has 6 heteroatoms. The third kappa shape index (κ3) is 3.01. The van der Waals surface area contributed by atoms with E-state index in [1.54, 1.807) is 18.4 Å². The highest BCUT2D eigenvalue weighted by molar-refractivity contribution is 7.80. The molecular weight excluding hydrogens is 302 g/mol. The number of thiocarbonyl (C=S) groups is 1. The van der Waals surface area contributed by atoms with Gasteiger partial charge in [0.15, 0.2) is 5.13 Å². The molecule has 110 valence electrons. The van der Waals surface area contributed by atoms with Gasteiger partial charge in [0.2, 0.25) is 0 Å². The van der Waals surface area contributed by atoms with E-state index in [0.29, 0.717) is 4.99 Å². The minimum absolute atomic E-state index is 0.362. The predicted octanol–water partition coefficient (Wildman–Crippen LogP) is 3.41. The van der Waals surface area contributed by atoms with Crippen LogP contribution in [0.2, 0.25) is 0 Å². The smallest absolute Gasteiger partial charge is 0.187 e. The third-order valence-corrected chi connectivity index (χ3v) is 4.87. The minimum Gasteiger partial charge on any atom is -0.497 e. The van der Waals surface area contributed by atoms with E-state index in [1.807, 2.05) is 18.2 Å². The van der Waals surface area contributed by atoms with Gasteiger partial charge in [-0.15, -0.1) is 11.3 Å². The fourth-order valence-electron chi connectivity index (χ4n) is 2.49. The van der Waals surface area contributed by atoms with Gasteiger partial charge in [-0.25, -0.2) is 4.98 Å². The zero-order valence-electron chi connectivity index (χ0n) is 11.8. The Kier molecular flexibility index (Phi) is 4.07. The summed E-state index contributed by atoms with van der Waals surface area (Å²) in [4.78, 5) is 6.44. The fraction of sp³-hybridized carbons (Fsp3) is 0.333. The summed E-state index contributed by atoms with van der Waals surface area (Å²) >= 11 is 6.83. The highest BCUT2D eigenvalue weighted by Crippen LogP contribution is 2.33. The van der Waals surface area contributed by atoms with Crippen molar-refractivity contribution < 1.29 is 4.74 Å². The zero-order valence-corrected chi connectivity index (χ0v) is 13.4. The molecule has 0 saturated carbocycles. The summed E-state index contributed by atoms with van der Waals surface area (Å²) in [5, 5.41) is 4.24. The molecule has 0 aliphatic heterocycles. The largest absolute Gasteiger partial charge is 0.497 e. The maximum Gasteiger partial charge on any atom is 0.187 e. The van der Waals surface area contributed by atoms with Crippen LogP contribution >= 0.6 is 23.6 Å². The number of aryl methyl sites for hydroxylation is 2. The Morgan fingerprint density at radius 2 is 2.19 bits per heavy atom. The van der Waals surface area contributed by atoms with E-state index in [2.05, 4.69) is 10.3 Å². The number of methoxy groups -OCH3 is 1. The molecule has 0 saturated heterocycles. The monoisotopic (exact) mass is 319 g/mol. The second kappa shape index (κ2) is 5.99. The quantitative estimate of drug-likeness (QED) is 0.846. The van der Waals surface area contributed by atoms with Crippen molar-refractivity contribution in [2.24, 2.45) is 5.73 Å². The summed E-state index contributed by atoms with van der Waals surface area (Å²) in [6, 6.07) is 5.62. The van der Waals surface area contributed by atoms with E-state index in [-0.39, 0.29) is 0 Å². The van der Waals surface area contributed by atoms with E-state index in [9.17, 15) is 0 Å². The SMILES string of the molecule is COc1ccc(C(N)=S)c(Nc2nc3c(s2)CCCC3)c1. The molecule has 3 N–H and O–H groups in total. The normalized spacial score (nSPS) is 13.6. The van der Waals surface area contributed by atoms with Gasteiger partial charge < -0.3 is 15.8 Å². The van der Waals surface area contributed by atoms with Crippen molar-refractivity contribution in [3.63, 3.8) is 0 Å². The average Bonchev–Trinajstić information content (AvgIpc) is 2.89. The van der Waals surface area contributed by atoms with Crippen LogP contribution in [0.15, 0.2) is 18.2 Å². The molecule has 0 bridgehead atoms. The second-order valence-electron chi connectivity index (χ2n) is 5.00. The highest BCUT2D eigenvalue weighted by Gasteiger charge is 2.16. The van der Waals surface area contributed by atoms with Crippen molar-refractivity contribution in [3.05, 3.63) is 34.3 Å². The summed E-state index contributed by atoms with van der Waals surface area (Å²) in [6.07, 6.45) is 4.70. The van der Waals surface area contributed by atoms with Crippen LogP contribution in [0, 0.1) is 0 Å². The Morgan fingerprint density at radius 3 is 2.90 bits per heavy atom. The number of nitrogens with two attached hydrogens (primary N) is 1. The van der Waals surface area contributed by atoms with Gasteiger partial charge in [-0.05, 0) is 37.8 Å². The number of benzene rings is 1. The zero-order chi connectivity index (χ0) is 14.8. The Morgan fingerprint density at radius 1 is 1.38 bits per heavy atom. The van der Waals surface area contributed by atoms with Gasteiger partial charge in [-0.1, -0.05) is 12.2 Å². The van der Waals surface area contributed by atoms with Crippen LogP contribution in [0.4, 0.5) is 10.8 Å². The second-order valence-corrected chi connectivity index (χ2v) is 6.52. The summed E-state index contributed by atoms with van der Waals surface area (Å²) in [7, 11) is 1.64. The molecule has 1 aromatic heterocycles. The number of thiazole rings is 1. The maximum atomic E-state index is 5.79. The van der Waals surface area contributed by atoms with Crippen molar-refractivity contribution in [2.75, 3.05) is 12.4 Å². The summed E-state index contributed by atoms with van der Waals surface area (Å²) in [5.41, 5.74) is 8.67. The number of aromatic nitrogens is 1. The molecule has 4 nitrogen and oxygen atoms in total. The Balaban J connectivity index is 1.92. The summed E-state index contributed by atoms with van der Waals surface area (Å²) in [5.74, 6) is 0.763. The third-order valence-electron chi connectivity index (χ3n) is 3.58. The van der Waals surface area contributed by atoms with Crippen molar-refractivity contribution in [3.8, 4) is 5.75 Å². The minimum atomic E-state index is 0.362. The Hall–Kier alpha value is -1.66. The van der Waals surface area contributed by atoms with Gasteiger partial charge in [-0.3, -0.25) is 0 Å². The number of ether oxygens (including phenoxy) is 1. The molecule has 0 atom stereocenters. The lowest BCUT2D eigenvalue weighted by atomic mass is 10.0. The number of rotatable bonds is 4. The molecule has 21 heavy (non-hydrogen) atoms. The van der Waals surface area contributed by atoms with Crippen LogP contribution in [0.1, 0.15) is 29.0 Å². The fourth-order valence-corrected chi connectivity index (χ4v) is 3.73. The van der Waals surface area contributed by atoms with E-state index in [4.69, 9.17) is 22.7 Å². The first kappa shape index (κ1) is 14.3. The van der Waals surface area contributed by atoms with E-state index in [1.165, 1.54) is 23.4 Å². The van der Waals surface area contributed by atoms with E-state index in [0.717, 1.165) is 35.0 Å². The van der Waals surface area contributed by atoms with Crippen molar-refractivity contribution in [2.45, 2.75) is 25.7 Å². The lowest BCUT2D eigenvalue weighted by Crippen LogP contribution is -2.12. The number of hydrogen-bond donors (Lipinski definition) is 2. The summed E-state index contributed by atoms with van der Waals surface area (Å²) in [6.45, 7) is 0. The van der Waals surface area contributed by atoms with Crippen LogP contribution in [0.5, 0.6) is 5.75 Å². The molecule has 0 amide bonds. The molecular formula is C15H17N3OS2. The highest BCUT2D eigenvalue weighted by atomic mass is 32.1. The average molecular weight is 319 g/mol. The van der Waals surface area contributed by atoms with Crippen LogP contribution in [0.3, 0.4) is 0 Å². The van der Waals surface area contributed by atoms with Crippen LogP contribution in [0.25, 0.3) is 0 Å². The van der Waals surface area contributed by atoms with Gasteiger partial charge >= 0.3 is 0 Å². The van der Waals surface area contributed by atoms with E-state index < -0.39 is 0 Å². The lowest BCUT2D eigenvalue weighted by Gasteiger charge is -2.10. The molecule has 0 spiro atoms. The van der Waals surface area contributed by atoms with Crippen molar-refractivity contribution in [1.82, 2.24) is 4.98 Å². The number of nitrogens with zero attached hydrogens (tertiary/aromatic N) is 1. The first-order valence-corrected chi connectivity index (χ1v) is 8.13. The van der Waals surface area contributed by atoms with Crippen LogP contribution in [-0.4, -0.2) is 17.1 Å². The number of nitrogens with one attached hydrogen (secondary N) is 1.